The number of ether oxygens (including phenoxy) is 2. The van der Waals surface area contributed by atoms with Gasteiger partial charge in [-0.3, -0.25) is 0 Å². The van der Waals surface area contributed by atoms with Crippen LogP contribution in [0, 0.1) is 0 Å². The molecule has 0 saturated carbocycles. The predicted octanol–water partition coefficient (Wildman–Crippen LogP) is 14.4. The third kappa shape index (κ3) is 5.26. The summed E-state index contributed by atoms with van der Waals surface area (Å²) in [5.41, 5.74) is 14.8. The van der Waals surface area contributed by atoms with Gasteiger partial charge < -0.3 is 14.0 Å². The molecule has 0 amide bonds. The SMILES string of the molecule is CC1(C)c2ccccc2-c2c1ccc1c2Oc2c(cccc2-c2ccc(-c3nc(-c4ccccc4)cc(-c4ccc(-n5c6ccccc6c6ccccc65)cc4)n3)cc2)O1. The molecule has 5 nitrogen and oxygen atoms in total. The fourth-order valence-electron chi connectivity index (χ4n) is 9.34. The molecule has 0 fully saturated rings. The van der Waals surface area contributed by atoms with E-state index in [9.17, 15) is 0 Å². The Morgan fingerprint density at radius 2 is 1.02 bits per heavy atom. The van der Waals surface area contributed by atoms with Gasteiger partial charge >= 0.3 is 0 Å². The summed E-state index contributed by atoms with van der Waals surface area (Å²) in [6, 6.07) is 65.7. The van der Waals surface area contributed by atoms with Gasteiger partial charge in [-0.05, 0) is 64.7 Å². The first-order valence-corrected chi connectivity index (χ1v) is 20.4. The van der Waals surface area contributed by atoms with E-state index >= 15 is 0 Å². The molecule has 1 aliphatic carbocycles. The molecule has 0 atom stereocenters. The zero-order valence-corrected chi connectivity index (χ0v) is 33.1. The first kappa shape index (κ1) is 34.3. The topological polar surface area (TPSA) is 49.2 Å². The van der Waals surface area contributed by atoms with Crippen LogP contribution in [0.2, 0.25) is 0 Å². The first-order chi connectivity index (χ1) is 29.5. The lowest BCUT2D eigenvalue weighted by Gasteiger charge is -2.26. The number of fused-ring (bicyclic) bond motifs is 9. The van der Waals surface area contributed by atoms with E-state index in [0.29, 0.717) is 17.3 Å². The first-order valence-electron chi connectivity index (χ1n) is 20.4. The van der Waals surface area contributed by atoms with Crippen molar-refractivity contribution in [2.75, 3.05) is 0 Å². The highest BCUT2D eigenvalue weighted by Gasteiger charge is 2.39. The molecule has 12 rings (SSSR count). The lowest BCUT2D eigenvalue weighted by atomic mass is 9.82. The van der Waals surface area contributed by atoms with Crippen LogP contribution >= 0.6 is 0 Å². The Bertz CT molecular complexity index is 3280. The molecule has 2 aliphatic rings. The van der Waals surface area contributed by atoms with Gasteiger partial charge in [-0.15, -0.1) is 0 Å². The van der Waals surface area contributed by atoms with E-state index in [1.54, 1.807) is 0 Å². The number of hydrogen-bond donors (Lipinski definition) is 0. The zero-order valence-electron chi connectivity index (χ0n) is 33.1. The Labute approximate surface area is 347 Å². The van der Waals surface area contributed by atoms with Crippen LogP contribution in [-0.4, -0.2) is 14.5 Å². The van der Waals surface area contributed by atoms with Gasteiger partial charge in [0.25, 0.3) is 0 Å². The summed E-state index contributed by atoms with van der Waals surface area (Å²) in [5, 5.41) is 2.49. The van der Waals surface area contributed by atoms with E-state index < -0.39 is 0 Å². The molecule has 2 aromatic heterocycles. The Morgan fingerprint density at radius 1 is 0.433 bits per heavy atom. The summed E-state index contributed by atoms with van der Waals surface area (Å²) >= 11 is 0. The summed E-state index contributed by atoms with van der Waals surface area (Å²) < 4.78 is 15.8. The number of aromatic nitrogens is 3. The van der Waals surface area contributed by atoms with Gasteiger partial charge in [-0.25, -0.2) is 9.97 Å². The van der Waals surface area contributed by atoms with Gasteiger partial charge in [-0.2, -0.15) is 0 Å². The Kier molecular flexibility index (Phi) is 7.51. The van der Waals surface area contributed by atoms with Crippen molar-refractivity contribution in [3.8, 4) is 84.8 Å². The molecule has 5 heteroatoms. The molecule has 0 radical (unpaired) electrons. The van der Waals surface area contributed by atoms with Gasteiger partial charge in [0, 0.05) is 49.7 Å². The van der Waals surface area contributed by atoms with Crippen molar-refractivity contribution < 1.29 is 9.47 Å². The van der Waals surface area contributed by atoms with E-state index in [2.05, 4.69) is 170 Å². The predicted molar refractivity (Wildman–Crippen MR) is 242 cm³/mol. The van der Waals surface area contributed by atoms with Crippen molar-refractivity contribution in [1.82, 2.24) is 14.5 Å². The Hall–Kier alpha value is -7.76. The molecule has 284 valence electrons. The maximum atomic E-state index is 6.92. The number of nitrogens with zero attached hydrogens (tertiary/aromatic N) is 3. The minimum atomic E-state index is -0.142. The fraction of sp³-hybridized carbons (Fsp3) is 0.0545. The third-order valence-corrected chi connectivity index (χ3v) is 12.3. The molecule has 3 heterocycles. The van der Waals surface area contributed by atoms with E-state index in [4.69, 9.17) is 19.4 Å². The summed E-state index contributed by atoms with van der Waals surface area (Å²) in [4.78, 5) is 10.3. The standard InChI is InChI=1S/C55H37N3O2/c1-55(2)43-19-9-6-17-42(43)51-44(55)31-32-50-53(51)60-52-39(18-12-22-49(52)59-50)34-23-25-37(26-24-34)54-56-45(35-13-4-3-5-14-35)33-46(57-54)36-27-29-38(30-28-36)58-47-20-10-7-15-40(47)41-16-8-11-21-48(41)58/h3-33H,1-2H3. The Morgan fingerprint density at radius 3 is 1.75 bits per heavy atom. The maximum absolute atomic E-state index is 6.92. The van der Waals surface area contributed by atoms with Crippen molar-refractivity contribution in [3.05, 3.63) is 199 Å². The smallest absolute Gasteiger partial charge is 0.178 e. The largest absolute Gasteiger partial charge is 0.449 e. The molecule has 0 bridgehead atoms. The molecule has 10 aromatic rings. The average Bonchev–Trinajstić information content (AvgIpc) is 3.77. The number of para-hydroxylation sites is 3. The van der Waals surface area contributed by atoms with Crippen LogP contribution in [0.3, 0.4) is 0 Å². The molecular formula is C55H37N3O2. The van der Waals surface area contributed by atoms with E-state index in [0.717, 1.165) is 62.0 Å². The second-order valence-corrected chi connectivity index (χ2v) is 16.1. The average molecular weight is 772 g/mol. The molecule has 0 N–H and O–H groups in total. The van der Waals surface area contributed by atoms with E-state index in [1.165, 1.54) is 38.5 Å². The molecule has 60 heavy (non-hydrogen) atoms. The highest BCUT2D eigenvalue weighted by molar-refractivity contribution is 6.09. The van der Waals surface area contributed by atoms with Gasteiger partial charge in [0.1, 0.15) is 0 Å². The summed E-state index contributed by atoms with van der Waals surface area (Å²) in [6.45, 7) is 4.56. The van der Waals surface area contributed by atoms with Crippen LogP contribution in [0.5, 0.6) is 23.0 Å². The zero-order chi connectivity index (χ0) is 40.0. The summed E-state index contributed by atoms with van der Waals surface area (Å²) in [5.74, 6) is 3.56. The van der Waals surface area contributed by atoms with Crippen LogP contribution in [0.4, 0.5) is 0 Å². The summed E-state index contributed by atoms with van der Waals surface area (Å²) in [7, 11) is 0. The lowest BCUT2D eigenvalue weighted by molar-refractivity contribution is 0.361. The van der Waals surface area contributed by atoms with Crippen LogP contribution in [0.25, 0.3) is 83.6 Å². The molecule has 0 spiro atoms. The van der Waals surface area contributed by atoms with E-state index in [-0.39, 0.29) is 5.41 Å². The lowest BCUT2D eigenvalue weighted by Crippen LogP contribution is -2.15. The van der Waals surface area contributed by atoms with Crippen LogP contribution in [0.15, 0.2) is 188 Å². The van der Waals surface area contributed by atoms with Crippen molar-refractivity contribution in [3.63, 3.8) is 0 Å². The number of benzene rings is 8. The quantitative estimate of drug-likeness (QED) is 0.175. The fourth-order valence-corrected chi connectivity index (χ4v) is 9.34. The second-order valence-electron chi connectivity index (χ2n) is 16.1. The van der Waals surface area contributed by atoms with Gasteiger partial charge in [0.2, 0.25) is 0 Å². The van der Waals surface area contributed by atoms with Gasteiger partial charge in [-0.1, -0.05) is 159 Å². The minimum Gasteiger partial charge on any atom is -0.449 e. The second kappa shape index (κ2) is 13.1. The maximum Gasteiger partial charge on any atom is 0.178 e. The highest BCUT2D eigenvalue weighted by atomic mass is 16.6. The monoisotopic (exact) mass is 771 g/mol. The van der Waals surface area contributed by atoms with Crippen LogP contribution in [0.1, 0.15) is 25.0 Å². The minimum absolute atomic E-state index is 0.142. The normalized spacial score (nSPS) is 13.2. The van der Waals surface area contributed by atoms with Crippen molar-refractivity contribution in [1.29, 1.82) is 0 Å². The van der Waals surface area contributed by atoms with Gasteiger partial charge in [0.05, 0.1) is 22.4 Å². The van der Waals surface area contributed by atoms with E-state index in [1.807, 2.05) is 36.4 Å². The Balaban J connectivity index is 0.911. The van der Waals surface area contributed by atoms with Crippen LogP contribution in [-0.2, 0) is 5.41 Å². The third-order valence-electron chi connectivity index (χ3n) is 12.3. The number of rotatable bonds is 5. The molecule has 0 saturated heterocycles. The van der Waals surface area contributed by atoms with Crippen molar-refractivity contribution in [2.24, 2.45) is 0 Å². The summed E-state index contributed by atoms with van der Waals surface area (Å²) in [6.07, 6.45) is 0. The highest BCUT2D eigenvalue weighted by Crippen LogP contribution is 2.59. The van der Waals surface area contributed by atoms with Crippen molar-refractivity contribution in [2.45, 2.75) is 19.3 Å². The van der Waals surface area contributed by atoms with Gasteiger partial charge in [0.15, 0.2) is 28.8 Å². The molecule has 8 aromatic carbocycles. The molecule has 0 unspecified atom stereocenters. The van der Waals surface area contributed by atoms with Crippen molar-refractivity contribution >= 4 is 21.8 Å². The molecular weight excluding hydrogens is 735 g/mol. The number of hydrogen-bond acceptors (Lipinski definition) is 4. The molecule has 1 aliphatic heterocycles. The van der Waals surface area contributed by atoms with Crippen LogP contribution < -0.4 is 9.47 Å².